The standard InChI is InChI=1S/C26H31F6N5O2/c1-14(2)33-12-19(16-9-17(25(27,28)29)11-18(10-16)26(30,31)32)24(39)37-6-4-36(5-7-37)23-21-15(3)8-20(38)22(21)34-13-35-23/h9-11,13-15,19-20,33,38H,4-8,12H2,1-3H3/t15-,19?,20+/m1/s1. The highest BCUT2D eigenvalue weighted by Gasteiger charge is 2.39. The molecule has 214 valence electrons. The van der Waals surface area contributed by atoms with Gasteiger partial charge >= 0.3 is 12.4 Å². The summed E-state index contributed by atoms with van der Waals surface area (Å²) < 4.78 is 81.1. The Hall–Kier alpha value is -2.93. The maximum Gasteiger partial charge on any atom is 0.416 e. The predicted molar refractivity (Wildman–Crippen MR) is 131 cm³/mol. The maximum absolute atomic E-state index is 13.6. The zero-order valence-electron chi connectivity index (χ0n) is 21.8. The molecule has 1 unspecified atom stereocenters. The van der Waals surface area contributed by atoms with Crippen molar-refractivity contribution >= 4 is 11.7 Å². The van der Waals surface area contributed by atoms with Crippen LogP contribution in [0.3, 0.4) is 0 Å². The van der Waals surface area contributed by atoms with E-state index in [1.807, 2.05) is 11.8 Å². The molecule has 1 saturated heterocycles. The first-order valence-corrected chi connectivity index (χ1v) is 12.8. The first-order valence-electron chi connectivity index (χ1n) is 12.8. The third-order valence-electron chi connectivity index (χ3n) is 7.21. The Balaban J connectivity index is 1.59. The summed E-state index contributed by atoms with van der Waals surface area (Å²) in [5.74, 6) is -1.09. The van der Waals surface area contributed by atoms with E-state index < -0.39 is 41.4 Å². The number of piperazine rings is 1. The van der Waals surface area contributed by atoms with Crippen molar-refractivity contribution in [1.82, 2.24) is 20.2 Å². The molecular weight excluding hydrogens is 528 g/mol. The van der Waals surface area contributed by atoms with Crippen LogP contribution in [0.15, 0.2) is 24.5 Å². The number of nitrogens with zero attached hydrogens (tertiary/aromatic N) is 4. The molecular formula is C26H31F6N5O2. The van der Waals surface area contributed by atoms with Crippen LogP contribution in [0.1, 0.15) is 73.1 Å². The molecule has 2 aromatic rings. The van der Waals surface area contributed by atoms with Crippen LogP contribution in [0.5, 0.6) is 0 Å². The highest BCUT2D eigenvalue weighted by molar-refractivity contribution is 5.84. The van der Waals surface area contributed by atoms with Gasteiger partial charge in [-0.25, -0.2) is 9.97 Å². The molecule has 3 atom stereocenters. The lowest BCUT2D eigenvalue weighted by Gasteiger charge is -2.38. The summed E-state index contributed by atoms with van der Waals surface area (Å²) in [7, 11) is 0. The number of benzene rings is 1. The minimum atomic E-state index is -5.01. The van der Waals surface area contributed by atoms with Gasteiger partial charge in [0.15, 0.2) is 0 Å². The van der Waals surface area contributed by atoms with Gasteiger partial charge in [-0.2, -0.15) is 26.3 Å². The number of aliphatic hydroxyl groups is 1. The second-order valence-corrected chi connectivity index (χ2v) is 10.4. The van der Waals surface area contributed by atoms with Gasteiger partial charge in [0.25, 0.3) is 0 Å². The first-order chi connectivity index (χ1) is 18.2. The van der Waals surface area contributed by atoms with E-state index in [0.717, 1.165) is 5.56 Å². The molecule has 0 saturated carbocycles. The molecule has 1 aromatic carbocycles. The molecule has 2 N–H and O–H groups in total. The van der Waals surface area contributed by atoms with Crippen molar-refractivity contribution in [3.05, 3.63) is 52.5 Å². The first kappa shape index (κ1) is 29.1. The van der Waals surface area contributed by atoms with Gasteiger partial charge in [-0.05, 0) is 36.1 Å². The number of amides is 1. The molecule has 39 heavy (non-hydrogen) atoms. The van der Waals surface area contributed by atoms with E-state index in [-0.39, 0.29) is 43.2 Å². The van der Waals surface area contributed by atoms with Crippen LogP contribution in [0.25, 0.3) is 0 Å². The van der Waals surface area contributed by atoms with Gasteiger partial charge < -0.3 is 20.2 Å². The SMILES string of the molecule is CC(C)NCC(C(=O)N1CCN(c2ncnc3c2[C@H](C)C[C@@H]3O)CC1)c1cc(C(F)(F)F)cc(C(F)(F)F)c1. The number of anilines is 1. The number of halogens is 6. The summed E-state index contributed by atoms with van der Waals surface area (Å²) in [4.78, 5) is 25.7. The fourth-order valence-electron chi connectivity index (χ4n) is 5.19. The van der Waals surface area contributed by atoms with Gasteiger partial charge in [-0.1, -0.05) is 20.8 Å². The third-order valence-corrected chi connectivity index (χ3v) is 7.21. The lowest BCUT2D eigenvalue weighted by Crippen LogP contribution is -2.51. The third kappa shape index (κ3) is 6.29. The zero-order chi connectivity index (χ0) is 28.7. The molecule has 2 aliphatic rings. The largest absolute Gasteiger partial charge is 0.416 e. The van der Waals surface area contributed by atoms with Crippen LogP contribution < -0.4 is 10.2 Å². The molecule has 2 heterocycles. The number of hydrogen-bond acceptors (Lipinski definition) is 6. The minimum Gasteiger partial charge on any atom is -0.387 e. The molecule has 7 nitrogen and oxygen atoms in total. The van der Waals surface area contributed by atoms with E-state index in [1.54, 1.807) is 13.8 Å². The fraction of sp³-hybridized carbons (Fsp3) is 0.577. The molecule has 1 aliphatic heterocycles. The number of fused-ring (bicyclic) bond motifs is 1. The Morgan fingerprint density at radius 3 is 2.15 bits per heavy atom. The molecule has 1 fully saturated rings. The highest BCUT2D eigenvalue weighted by Crippen LogP contribution is 2.43. The highest BCUT2D eigenvalue weighted by atomic mass is 19.4. The fourth-order valence-corrected chi connectivity index (χ4v) is 5.19. The van der Waals surface area contributed by atoms with Crippen LogP contribution in [0.2, 0.25) is 0 Å². The average Bonchev–Trinajstić information content (AvgIpc) is 3.16. The van der Waals surface area contributed by atoms with E-state index in [0.29, 0.717) is 43.2 Å². The van der Waals surface area contributed by atoms with E-state index in [9.17, 15) is 36.2 Å². The van der Waals surface area contributed by atoms with Gasteiger partial charge in [0.1, 0.15) is 12.1 Å². The summed E-state index contributed by atoms with van der Waals surface area (Å²) in [5, 5.41) is 13.3. The van der Waals surface area contributed by atoms with Gasteiger partial charge in [0.05, 0.1) is 28.8 Å². The van der Waals surface area contributed by atoms with Crippen LogP contribution in [-0.4, -0.2) is 64.6 Å². The van der Waals surface area contributed by atoms with E-state index in [4.69, 9.17) is 0 Å². The van der Waals surface area contributed by atoms with Gasteiger partial charge in [0.2, 0.25) is 5.91 Å². The van der Waals surface area contributed by atoms with Gasteiger partial charge in [0, 0.05) is 44.3 Å². The quantitative estimate of drug-likeness (QED) is 0.508. The predicted octanol–water partition coefficient (Wildman–Crippen LogP) is 4.49. The number of alkyl halides is 6. The molecule has 4 rings (SSSR count). The van der Waals surface area contributed by atoms with Crippen LogP contribution in [0, 0.1) is 0 Å². The molecule has 13 heteroatoms. The Morgan fingerprint density at radius 2 is 1.62 bits per heavy atom. The minimum absolute atomic E-state index is 0.0427. The van der Waals surface area contributed by atoms with Gasteiger partial charge in [-0.3, -0.25) is 4.79 Å². The molecule has 0 radical (unpaired) electrons. The van der Waals surface area contributed by atoms with E-state index >= 15 is 0 Å². The molecule has 0 bridgehead atoms. The number of aliphatic hydroxyl groups excluding tert-OH is 1. The summed E-state index contributed by atoms with van der Waals surface area (Å²) in [5.41, 5.74) is -1.81. The summed E-state index contributed by atoms with van der Waals surface area (Å²) >= 11 is 0. The van der Waals surface area contributed by atoms with Crippen molar-refractivity contribution in [1.29, 1.82) is 0 Å². The van der Waals surface area contributed by atoms with Crippen molar-refractivity contribution in [3.63, 3.8) is 0 Å². The van der Waals surface area contributed by atoms with Crippen molar-refractivity contribution in [3.8, 4) is 0 Å². The number of aromatic nitrogens is 2. The van der Waals surface area contributed by atoms with Crippen molar-refractivity contribution < 1.29 is 36.2 Å². The van der Waals surface area contributed by atoms with Crippen LogP contribution in [0.4, 0.5) is 32.2 Å². The van der Waals surface area contributed by atoms with Gasteiger partial charge in [-0.15, -0.1) is 0 Å². The Bertz CT molecular complexity index is 1160. The second-order valence-electron chi connectivity index (χ2n) is 10.4. The average molecular weight is 560 g/mol. The number of hydrogen-bond donors (Lipinski definition) is 2. The Morgan fingerprint density at radius 1 is 1.03 bits per heavy atom. The Labute approximate surface area is 222 Å². The van der Waals surface area contributed by atoms with Crippen LogP contribution in [-0.2, 0) is 17.1 Å². The number of nitrogens with one attached hydrogen (secondary N) is 1. The summed E-state index contributed by atoms with van der Waals surface area (Å²) in [6.07, 6.45) is -8.79. The Kier molecular flexibility index (Phi) is 8.13. The maximum atomic E-state index is 13.6. The van der Waals surface area contributed by atoms with E-state index in [1.165, 1.54) is 11.2 Å². The lowest BCUT2D eigenvalue weighted by molar-refractivity contribution is -0.143. The lowest BCUT2D eigenvalue weighted by atomic mass is 9.92. The molecule has 1 amide bonds. The molecule has 0 spiro atoms. The normalized spacial score (nSPS) is 20.9. The number of rotatable bonds is 6. The monoisotopic (exact) mass is 559 g/mol. The molecule has 1 aliphatic carbocycles. The van der Waals surface area contributed by atoms with Crippen molar-refractivity contribution in [2.75, 3.05) is 37.6 Å². The topological polar surface area (TPSA) is 81.6 Å². The number of carbonyl (C=O) groups is 1. The van der Waals surface area contributed by atoms with Crippen molar-refractivity contribution in [2.24, 2.45) is 0 Å². The van der Waals surface area contributed by atoms with E-state index in [2.05, 4.69) is 15.3 Å². The summed E-state index contributed by atoms with van der Waals surface area (Å²) in [6, 6.07) is 1.18. The summed E-state index contributed by atoms with van der Waals surface area (Å²) in [6.45, 7) is 6.52. The smallest absolute Gasteiger partial charge is 0.387 e. The van der Waals surface area contributed by atoms with Crippen LogP contribution >= 0.6 is 0 Å². The van der Waals surface area contributed by atoms with Crippen molar-refractivity contribution in [2.45, 2.75) is 63.5 Å². The number of carbonyl (C=O) groups excluding carboxylic acids is 1. The second kappa shape index (κ2) is 10.9. The zero-order valence-corrected chi connectivity index (χ0v) is 21.8. The molecule has 1 aromatic heterocycles.